The number of alkyl halides is 2. The van der Waals surface area contributed by atoms with E-state index in [1.54, 1.807) is 24.2 Å². The quantitative estimate of drug-likeness (QED) is 0.595. The number of ether oxygens (including phenoxy) is 1. The zero-order chi connectivity index (χ0) is 17.8. The number of pyridine rings is 1. The van der Waals surface area contributed by atoms with Gasteiger partial charge in [0.2, 0.25) is 0 Å². The van der Waals surface area contributed by atoms with E-state index in [0.29, 0.717) is 23.3 Å². The lowest BCUT2D eigenvalue weighted by atomic mass is 10.1. The molecule has 1 unspecified atom stereocenters. The van der Waals surface area contributed by atoms with Gasteiger partial charge in [-0.25, -0.2) is 0 Å². The second-order valence-corrected chi connectivity index (χ2v) is 6.16. The van der Waals surface area contributed by atoms with Crippen LogP contribution in [0.1, 0.15) is 24.7 Å². The lowest BCUT2D eigenvalue weighted by Crippen LogP contribution is -2.15. The molecule has 25 heavy (non-hydrogen) atoms. The molecule has 10 heteroatoms. The first-order chi connectivity index (χ1) is 12.1. The van der Waals surface area contributed by atoms with Crippen molar-refractivity contribution in [2.45, 2.75) is 19.0 Å². The van der Waals surface area contributed by atoms with Crippen molar-refractivity contribution in [2.24, 2.45) is 0 Å². The first-order valence-corrected chi connectivity index (χ1v) is 8.22. The molecule has 3 heterocycles. The van der Waals surface area contributed by atoms with Gasteiger partial charge < -0.3 is 4.74 Å². The minimum Gasteiger partial charge on any atom is -0.385 e. The Hall–Kier alpha value is -2.20. The first kappa shape index (κ1) is 17.6. The smallest absolute Gasteiger partial charge is 0.335 e. The molecular formula is C15H15BrF2N6O. The molecule has 0 aliphatic carbocycles. The van der Waals surface area contributed by atoms with Crippen molar-refractivity contribution >= 4 is 15.9 Å². The Morgan fingerprint density at radius 3 is 2.76 bits per heavy atom. The fraction of sp³-hybridized carbons (Fsp3) is 0.333. The van der Waals surface area contributed by atoms with E-state index in [-0.39, 0.29) is 11.7 Å². The maximum absolute atomic E-state index is 13.0. The fourth-order valence-corrected chi connectivity index (χ4v) is 2.70. The summed E-state index contributed by atoms with van der Waals surface area (Å²) in [4.78, 5) is 4.41. The Labute approximate surface area is 150 Å². The fourth-order valence-electron chi connectivity index (χ4n) is 2.46. The molecular weight excluding hydrogens is 398 g/mol. The van der Waals surface area contributed by atoms with Crippen LogP contribution >= 0.6 is 15.9 Å². The van der Waals surface area contributed by atoms with Gasteiger partial charge in [-0.05, 0) is 34.5 Å². The van der Waals surface area contributed by atoms with E-state index in [0.717, 1.165) is 10.2 Å². The molecule has 0 aromatic carbocycles. The van der Waals surface area contributed by atoms with Gasteiger partial charge in [0.05, 0.1) is 29.8 Å². The second kappa shape index (κ2) is 7.79. The monoisotopic (exact) mass is 412 g/mol. The molecule has 0 saturated carbocycles. The summed E-state index contributed by atoms with van der Waals surface area (Å²) in [5, 5.41) is 11.3. The molecule has 0 bridgehead atoms. The van der Waals surface area contributed by atoms with Crippen LogP contribution in [0.4, 0.5) is 8.78 Å². The number of methoxy groups -OCH3 is 1. The maximum atomic E-state index is 13.0. The average molecular weight is 413 g/mol. The van der Waals surface area contributed by atoms with Crippen LogP contribution in [0.5, 0.6) is 0 Å². The highest BCUT2D eigenvalue weighted by Crippen LogP contribution is 2.26. The second-order valence-electron chi connectivity index (χ2n) is 5.25. The molecule has 132 valence electrons. The Morgan fingerprint density at radius 1 is 1.24 bits per heavy atom. The summed E-state index contributed by atoms with van der Waals surface area (Å²) < 4.78 is 34.3. The third kappa shape index (κ3) is 3.90. The van der Waals surface area contributed by atoms with E-state index >= 15 is 0 Å². The van der Waals surface area contributed by atoms with Crippen molar-refractivity contribution < 1.29 is 13.5 Å². The Balaban J connectivity index is 1.93. The number of aromatic nitrogens is 6. The van der Waals surface area contributed by atoms with Gasteiger partial charge in [0.1, 0.15) is 0 Å². The van der Waals surface area contributed by atoms with Gasteiger partial charge in [-0.2, -0.15) is 18.6 Å². The summed E-state index contributed by atoms with van der Waals surface area (Å²) in [6.45, 7) is -2.26. The first-order valence-electron chi connectivity index (χ1n) is 7.43. The molecule has 3 aromatic rings. The van der Waals surface area contributed by atoms with Crippen LogP contribution in [0.3, 0.4) is 0 Å². The van der Waals surface area contributed by atoms with Gasteiger partial charge in [0.25, 0.3) is 0 Å². The van der Waals surface area contributed by atoms with Crippen LogP contribution in [0.2, 0.25) is 0 Å². The highest BCUT2D eigenvalue weighted by molar-refractivity contribution is 9.10. The molecule has 0 aliphatic rings. The van der Waals surface area contributed by atoms with Crippen LogP contribution in [0.15, 0.2) is 41.4 Å². The van der Waals surface area contributed by atoms with Crippen LogP contribution in [-0.4, -0.2) is 43.5 Å². The summed E-state index contributed by atoms with van der Waals surface area (Å²) >= 11 is 3.36. The molecule has 3 rings (SSSR count). The van der Waals surface area contributed by atoms with Crippen molar-refractivity contribution in [3.05, 3.63) is 47.1 Å². The molecule has 0 spiro atoms. The predicted molar refractivity (Wildman–Crippen MR) is 89.1 cm³/mol. The summed E-state index contributed by atoms with van der Waals surface area (Å²) in [5.74, 6) is 0. The van der Waals surface area contributed by atoms with Gasteiger partial charge >= 0.3 is 6.55 Å². The van der Waals surface area contributed by atoms with Crippen molar-refractivity contribution in [1.29, 1.82) is 0 Å². The van der Waals surface area contributed by atoms with Crippen LogP contribution in [-0.2, 0) is 4.74 Å². The third-order valence-corrected chi connectivity index (χ3v) is 4.13. The highest BCUT2D eigenvalue weighted by Gasteiger charge is 2.20. The molecule has 0 radical (unpaired) electrons. The van der Waals surface area contributed by atoms with Gasteiger partial charge in [-0.15, -0.1) is 5.10 Å². The van der Waals surface area contributed by atoms with Gasteiger partial charge in [0, 0.05) is 36.1 Å². The lowest BCUT2D eigenvalue weighted by molar-refractivity contribution is 0.0565. The SMILES string of the molecule is COCCC(c1ccc(Br)cn1)n1cc(-c2cnnn2C(F)F)cn1. The van der Waals surface area contributed by atoms with Crippen molar-refractivity contribution in [1.82, 2.24) is 29.8 Å². The van der Waals surface area contributed by atoms with Crippen molar-refractivity contribution in [3.8, 4) is 11.3 Å². The van der Waals surface area contributed by atoms with Gasteiger partial charge in [-0.3, -0.25) is 9.67 Å². The van der Waals surface area contributed by atoms with E-state index in [4.69, 9.17) is 4.74 Å². The van der Waals surface area contributed by atoms with E-state index < -0.39 is 6.55 Å². The normalized spacial score (nSPS) is 12.7. The molecule has 0 amide bonds. The summed E-state index contributed by atoms with van der Waals surface area (Å²) in [6, 6.07) is 3.59. The maximum Gasteiger partial charge on any atom is 0.335 e. The predicted octanol–water partition coefficient (Wildman–Crippen LogP) is 3.32. The number of halogens is 3. The van der Waals surface area contributed by atoms with Crippen LogP contribution in [0.25, 0.3) is 11.3 Å². The molecule has 0 saturated heterocycles. The molecule has 0 N–H and O–H groups in total. The zero-order valence-electron chi connectivity index (χ0n) is 13.3. The zero-order valence-corrected chi connectivity index (χ0v) is 14.8. The number of nitrogens with zero attached hydrogens (tertiary/aromatic N) is 6. The van der Waals surface area contributed by atoms with Crippen molar-refractivity contribution in [2.75, 3.05) is 13.7 Å². The third-order valence-electron chi connectivity index (χ3n) is 3.66. The van der Waals surface area contributed by atoms with E-state index in [1.165, 1.54) is 12.4 Å². The minimum atomic E-state index is -2.77. The molecule has 0 fully saturated rings. The van der Waals surface area contributed by atoms with Gasteiger partial charge in [0.15, 0.2) is 0 Å². The number of hydrogen-bond acceptors (Lipinski definition) is 5. The Bertz CT molecular complexity index is 820. The minimum absolute atomic E-state index is 0.183. The van der Waals surface area contributed by atoms with Gasteiger partial charge in [-0.1, -0.05) is 5.21 Å². The number of hydrogen-bond donors (Lipinski definition) is 0. The standard InChI is InChI=1S/C15H15BrF2N6O/c1-25-5-4-13(12-3-2-11(16)7-19-12)23-9-10(6-21-23)14-8-20-22-24(14)15(17)18/h2-3,6-9,13,15H,4-5H2,1H3. The van der Waals surface area contributed by atoms with Crippen LogP contribution < -0.4 is 0 Å². The van der Waals surface area contributed by atoms with Crippen LogP contribution in [0, 0.1) is 0 Å². The molecule has 0 aliphatic heterocycles. The van der Waals surface area contributed by atoms with E-state index in [9.17, 15) is 8.78 Å². The highest BCUT2D eigenvalue weighted by atomic mass is 79.9. The largest absolute Gasteiger partial charge is 0.385 e. The number of rotatable bonds is 7. The van der Waals surface area contributed by atoms with E-state index in [1.807, 2.05) is 12.1 Å². The Morgan fingerprint density at radius 2 is 2.08 bits per heavy atom. The summed E-state index contributed by atoms with van der Waals surface area (Å²) in [7, 11) is 1.62. The molecule has 3 aromatic heterocycles. The average Bonchev–Trinajstić information content (AvgIpc) is 3.25. The lowest BCUT2D eigenvalue weighted by Gasteiger charge is -2.16. The molecule has 1 atom stereocenters. The topological polar surface area (TPSA) is 70.7 Å². The van der Waals surface area contributed by atoms with E-state index in [2.05, 4.69) is 36.3 Å². The van der Waals surface area contributed by atoms with Crippen molar-refractivity contribution in [3.63, 3.8) is 0 Å². The Kier molecular flexibility index (Phi) is 5.49. The molecule has 7 nitrogen and oxygen atoms in total. The summed E-state index contributed by atoms with van der Waals surface area (Å²) in [6.07, 6.45) is 6.82. The summed E-state index contributed by atoms with van der Waals surface area (Å²) in [5.41, 5.74) is 1.51.